The van der Waals surface area contributed by atoms with Crippen molar-refractivity contribution in [2.45, 2.75) is 64.7 Å². The van der Waals surface area contributed by atoms with E-state index in [-0.39, 0.29) is 17.4 Å². The Hall–Kier alpha value is -3.41. The van der Waals surface area contributed by atoms with Crippen molar-refractivity contribution in [2.24, 2.45) is 0 Å². The lowest BCUT2D eigenvalue weighted by Gasteiger charge is -2.11. The van der Waals surface area contributed by atoms with Crippen molar-refractivity contribution >= 4 is 10.8 Å². The van der Waals surface area contributed by atoms with Crippen molar-refractivity contribution < 1.29 is 26.7 Å². The Morgan fingerprint density at radius 1 is 0.684 bits per heavy atom. The summed E-state index contributed by atoms with van der Waals surface area (Å²) in [6.07, 6.45) is 2.81. The van der Waals surface area contributed by atoms with Gasteiger partial charge < -0.3 is 4.74 Å². The standard InChI is InChI=1S/C32H31F5O/c1-2-3-4-5-6-7-23-11-18-28(30(33)20-23)25-15-19-29-26(21-25)14-13-24(31(29)34)12-8-22-9-16-27(17-10-22)38-32(35,36)37/h9-11,13-21H,2-8,12H2,1H3. The van der Waals surface area contributed by atoms with Crippen LogP contribution in [0.3, 0.4) is 0 Å². The van der Waals surface area contributed by atoms with Gasteiger partial charge in [-0.1, -0.05) is 81.1 Å². The second kappa shape index (κ2) is 12.4. The van der Waals surface area contributed by atoms with Crippen molar-refractivity contribution in [2.75, 3.05) is 0 Å². The predicted molar refractivity (Wildman–Crippen MR) is 142 cm³/mol. The number of rotatable bonds is 11. The van der Waals surface area contributed by atoms with Gasteiger partial charge in [0.1, 0.15) is 17.4 Å². The van der Waals surface area contributed by atoms with Gasteiger partial charge in [-0.25, -0.2) is 8.78 Å². The molecule has 0 aliphatic rings. The molecule has 0 heterocycles. The monoisotopic (exact) mass is 526 g/mol. The third-order valence-electron chi connectivity index (χ3n) is 6.79. The molecular formula is C32H31F5O. The SMILES string of the molecule is CCCCCCCc1ccc(-c2ccc3c(F)c(CCc4ccc(OC(F)(F)F)cc4)ccc3c2)c(F)c1. The first kappa shape index (κ1) is 27.6. The summed E-state index contributed by atoms with van der Waals surface area (Å²) in [4.78, 5) is 0. The predicted octanol–water partition coefficient (Wildman–Crippen LogP) is 9.98. The Bertz CT molecular complexity index is 1360. The summed E-state index contributed by atoms with van der Waals surface area (Å²) in [7, 11) is 0. The molecule has 0 radical (unpaired) electrons. The van der Waals surface area contributed by atoms with Gasteiger partial charge in [0.2, 0.25) is 0 Å². The highest BCUT2D eigenvalue weighted by Crippen LogP contribution is 2.30. The van der Waals surface area contributed by atoms with E-state index in [2.05, 4.69) is 11.7 Å². The number of aryl methyl sites for hydroxylation is 3. The van der Waals surface area contributed by atoms with E-state index in [1.807, 2.05) is 12.1 Å². The van der Waals surface area contributed by atoms with Crippen LogP contribution in [-0.4, -0.2) is 6.36 Å². The first-order chi connectivity index (χ1) is 18.2. The summed E-state index contributed by atoms with van der Waals surface area (Å²) in [5, 5.41) is 1.13. The number of halogens is 5. The van der Waals surface area contributed by atoms with Crippen molar-refractivity contribution in [3.05, 3.63) is 101 Å². The van der Waals surface area contributed by atoms with Crippen LogP contribution in [0.1, 0.15) is 55.7 Å². The minimum atomic E-state index is -4.74. The number of alkyl halides is 3. The molecule has 4 aromatic rings. The first-order valence-corrected chi connectivity index (χ1v) is 13.1. The zero-order chi connectivity index (χ0) is 27.1. The molecule has 1 nitrogen and oxygen atoms in total. The molecule has 38 heavy (non-hydrogen) atoms. The summed E-state index contributed by atoms with van der Waals surface area (Å²) in [5.74, 6) is -0.911. The van der Waals surface area contributed by atoms with Crippen LogP contribution in [-0.2, 0) is 19.3 Å². The van der Waals surface area contributed by atoms with Crippen LogP contribution >= 0.6 is 0 Å². The molecular weight excluding hydrogens is 495 g/mol. The number of benzene rings is 4. The first-order valence-electron chi connectivity index (χ1n) is 13.1. The lowest BCUT2D eigenvalue weighted by atomic mass is 9.96. The van der Waals surface area contributed by atoms with E-state index in [9.17, 15) is 17.6 Å². The topological polar surface area (TPSA) is 9.23 Å². The van der Waals surface area contributed by atoms with Crippen LogP contribution in [0.5, 0.6) is 5.75 Å². The molecule has 0 N–H and O–H groups in total. The maximum absolute atomic E-state index is 15.3. The van der Waals surface area contributed by atoms with Crippen LogP contribution in [0.2, 0.25) is 0 Å². The number of ether oxygens (including phenoxy) is 1. The lowest BCUT2D eigenvalue weighted by Crippen LogP contribution is -2.17. The molecule has 0 atom stereocenters. The fourth-order valence-electron chi connectivity index (χ4n) is 4.72. The van der Waals surface area contributed by atoms with Crippen molar-refractivity contribution in [1.82, 2.24) is 0 Å². The second-order valence-corrected chi connectivity index (χ2v) is 9.64. The number of unbranched alkanes of at least 4 members (excludes halogenated alkanes) is 4. The molecule has 200 valence electrons. The molecule has 0 spiro atoms. The van der Waals surface area contributed by atoms with E-state index in [0.29, 0.717) is 40.3 Å². The Morgan fingerprint density at radius 3 is 2.13 bits per heavy atom. The summed E-state index contributed by atoms with van der Waals surface area (Å²) in [5.41, 5.74) is 3.45. The zero-order valence-corrected chi connectivity index (χ0v) is 21.4. The Morgan fingerprint density at radius 2 is 1.42 bits per heavy atom. The normalized spacial score (nSPS) is 11.7. The Balaban J connectivity index is 1.43. The lowest BCUT2D eigenvalue weighted by molar-refractivity contribution is -0.274. The highest BCUT2D eigenvalue weighted by Gasteiger charge is 2.30. The third kappa shape index (κ3) is 7.33. The van der Waals surface area contributed by atoms with Gasteiger partial charge in [0.05, 0.1) is 0 Å². The molecule has 4 aromatic carbocycles. The van der Waals surface area contributed by atoms with Crippen LogP contribution < -0.4 is 4.74 Å². The van der Waals surface area contributed by atoms with Crippen LogP contribution in [0.4, 0.5) is 22.0 Å². The molecule has 0 unspecified atom stereocenters. The van der Waals surface area contributed by atoms with Gasteiger partial charge in [-0.3, -0.25) is 0 Å². The molecule has 0 bridgehead atoms. The van der Waals surface area contributed by atoms with E-state index in [4.69, 9.17) is 0 Å². The second-order valence-electron chi connectivity index (χ2n) is 9.64. The fourth-order valence-corrected chi connectivity index (χ4v) is 4.72. The third-order valence-corrected chi connectivity index (χ3v) is 6.79. The molecule has 0 aliphatic carbocycles. The number of hydrogen-bond donors (Lipinski definition) is 0. The summed E-state index contributed by atoms with van der Waals surface area (Å²) in [6, 6.07) is 19.7. The molecule has 0 fully saturated rings. The van der Waals surface area contributed by atoms with Gasteiger partial charge in [-0.2, -0.15) is 0 Å². The van der Waals surface area contributed by atoms with Crippen molar-refractivity contribution in [3.63, 3.8) is 0 Å². The minimum Gasteiger partial charge on any atom is -0.406 e. The molecule has 6 heteroatoms. The molecule has 4 rings (SSSR count). The fraction of sp³-hybridized carbons (Fsp3) is 0.312. The summed E-state index contributed by atoms with van der Waals surface area (Å²) in [6.45, 7) is 2.18. The summed E-state index contributed by atoms with van der Waals surface area (Å²) >= 11 is 0. The van der Waals surface area contributed by atoms with E-state index >= 15 is 4.39 Å². The van der Waals surface area contributed by atoms with E-state index < -0.39 is 6.36 Å². The largest absolute Gasteiger partial charge is 0.573 e. The van der Waals surface area contributed by atoms with Gasteiger partial charge in [-0.15, -0.1) is 13.2 Å². The molecule has 0 saturated carbocycles. The minimum absolute atomic E-state index is 0.279. The van der Waals surface area contributed by atoms with E-state index in [1.54, 1.807) is 48.5 Å². The van der Waals surface area contributed by atoms with E-state index in [0.717, 1.165) is 30.4 Å². The summed E-state index contributed by atoms with van der Waals surface area (Å²) < 4.78 is 71.1. The van der Waals surface area contributed by atoms with Gasteiger partial charge in [0.15, 0.2) is 0 Å². The Labute approximate surface area is 220 Å². The number of fused-ring (bicyclic) bond motifs is 1. The smallest absolute Gasteiger partial charge is 0.406 e. The maximum atomic E-state index is 15.3. The van der Waals surface area contributed by atoms with Gasteiger partial charge >= 0.3 is 6.36 Å². The van der Waals surface area contributed by atoms with Crippen LogP contribution in [0.25, 0.3) is 21.9 Å². The van der Waals surface area contributed by atoms with Crippen molar-refractivity contribution in [1.29, 1.82) is 0 Å². The maximum Gasteiger partial charge on any atom is 0.573 e. The van der Waals surface area contributed by atoms with Gasteiger partial charge in [-0.05, 0) is 77.6 Å². The van der Waals surface area contributed by atoms with Crippen LogP contribution in [0.15, 0.2) is 72.8 Å². The van der Waals surface area contributed by atoms with Crippen LogP contribution in [0, 0.1) is 11.6 Å². The van der Waals surface area contributed by atoms with Gasteiger partial charge in [0.25, 0.3) is 0 Å². The average Bonchev–Trinajstić information content (AvgIpc) is 2.88. The highest BCUT2D eigenvalue weighted by atomic mass is 19.4. The molecule has 0 aromatic heterocycles. The quantitative estimate of drug-likeness (QED) is 0.140. The molecule has 0 saturated heterocycles. The van der Waals surface area contributed by atoms with E-state index in [1.165, 1.54) is 31.4 Å². The average molecular weight is 527 g/mol. The number of hydrogen-bond acceptors (Lipinski definition) is 1. The molecule has 0 amide bonds. The highest BCUT2D eigenvalue weighted by molar-refractivity contribution is 5.88. The molecule has 0 aliphatic heterocycles. The van der Waals surface area contributed by atoms with Crippen molar-refractivity contribution in [3.8, 4) is 16.9 Å². The zero-order valence-electron chi connectivity index (χ0n) is 21.4. The Kier molecular flexibility index (Phi) is 9.03. The van der Waals surface area contributed by atoms with Gasteiger partial charge in [0, 0.05) is 10.9 Å².